The Bertz CT molecular complexity index is 1110. The molecular weight excluding hydrogens is 388 g/mol. The fourth-order valence-electron chi connectivity index (χ4n) is 6.17. The maximum atomic E-state index is 13.2. The zero-order chi connectivity index (χ0) is 21.4. The number of hydrogen-bond donors (Lipinski definition) is 1. The van der Waals surface area contributed by atoms with Crippen molar-refractivity contribution in [3.05, 3.63) is 71.3 Å². The fraction of sp³-hybridized carbons (Fsp3) is 0.346. The number of allylic oxidation sites excluding steroid dienone is 2. The molecule has 0 unspecified atom stereocenters. The lowest BCUT2D eigenvalue weighted by Gasteiger charge is -2.37. The van der Waals surface area contributed by atoms with Gasteiger partial charge in [0, 0.05) is 11.3 Å². The number of rotatable bonds is 3. The van der Waals surface area contributed by atoms with Crippen molar-refractivity contribution < 1.29 is 14.4 Å². The van der Waals surface area contributed by atoms with Gasteiger partial charge in [0.05, 0.1) is 17.5 Å². The molecule has 1 heterocycles. The Morgan fingerprint density at radius 1 is 0.871 bits per heavy atom. The van der Waals surface area contributed by atoms with Crippen LogP contribution in [0, 0.1) is 49.4 Å². The number of imide groups is 1. The van der Waals surface area contributed by atoms with Crippen LogP contribution in [0.3, 0.4) is 0 Å². The van der Waals surface area contributed by atoms with Crippen LogP contribution in [0.1, 0.15) is 27.9 Å². The molecule has 5 aliphatic rings. The summed E-state index contributed by atoms with van der Waals surface area (Å²) in [6, 6.07) is 12.7. The Hall–Kier alpha value is -3.21. The number of aryl methyl sites for hydroxylation is 2. The van der Waals surface area contributed by atoms with Gasteiger partial charge in [0.25, 0.3) is 5.91 Å². The maximum Gasteiger partial charge on any atom is 0.255 e. The summed E-state index contributed by atoms with van der Waals surface area (Å²) in [4.78, 5) is 40.6. The van der Waals surface area contributed by atoms with Gasteiger partial charge in [-0.3, -0.25) is 19.3 Å². The number of carbonyl (C=O) groups is 3. The third-order valence-corrected chi connectivity index (χ3v) is 7.77. The second-order valence-electron chi connectivity index (χ2n) is 9.43. The number of hydrogen-bond acceptors (Lipinski definition) is 3. The monoisotopic (exact) mass is 412 g/mol. The molecular formula is C26H24N2O3. The van der Waals surface area contributed by atoms with Crippen molar-refractivity contribution in [2.75, 3.05) is 10.2 Å². The van der Waals surface area contributed by atoms with Crippen molar-refractivity contribution in [3.8, 4) is 0 Å². The van der Waals surface area contributed by atoms with Crippen LogP contribution in [0.5, 0.6) is 0 Å². The predicted octanol–water partition coefficient (Wildman–Crippen LogP) is 4.11. The fourth-order valence-corrected chi connectivity index (χ4v) is 6.17. The van der Waals surface area contributed by atoms with Crippen molar-refractivity contribution in [1.82, 2.24) is 0 Å². The number of para-hydroxylation sites is 1. The van der Waals surface area contributed by atoms with Gasteiger partial charge < -0.3 is 5.32 Å². The van der Waals surface area contributed by atoms with Crippen LogP contribution in [0.4, 0.5) is 11.4 Å². The third-order valence-electron chi connectivity index (χ3n) is 7.77. The number of anilines is 2. The van der Waals surface area contributed by atoms with Crippen molar-refractivity contribution in [3.63, 3.8) is 0 Å². The molecule has 0 spiro atoms. The van der Waals surface area contributed by atoms with E-state index in [1.54, 1.807) is 24.3 Å². The average Bonchev–Trinajstić information content (AvgIpc) is 3.54. The molecule has 156 valence electrons. The van der Waals surface area contributed by atoms with E-state index in [0.717, 1.165) is 23.2 Å². The van der Waals surface area contributed by atoms with E-state index >= 15 is 0 Å². The van der Waals surface area contributed by atoms with Crippen LogP contribution < -0.4 is 10.2 Å². The summed E-state index contributed by atoms with van der Waals surface area (Å²) in [5, 5.41) is 2.98. The van der Waals surface area contributed by atoms with E-state index in [4.69, 9.17) is 0 Å². The zero-order valence-electron chi connectivity index (χ0n) is 17.5. The lowest BCUT2D eigenvalue weighted by Crippen LogP contribution is -2.40. The summed E-state index contributed by atoms with van der Waals surface area (Å²) in [5.41, 5.74) is 3.86. The van der Waals surface area contributed by atoms with E-state index in [1.807, 2.05) is 32.0 Å². The highest BCUT2D eigenvalue weighted by atomic mass is 16.2. The minimum atomic E-state index is -0.210. The van der Waals surface area contributed by atoms with Crippen LogP contribution in [0.2, 0.25) is 0 Å². The van der Waals surface area contributed by atoms with Gasteiger partial charge in [-0.25, -0.2) is 0 Å². The SMILES string of the molecule is Cc1cccc(C)c1NC(=O)c1ccc(N2C(=O)[C@H]3[C@@H]4C=C[C@@H]([C@H]5C[C@H]45)[C@@H]3C2=O)cc1. The van der Waals surface area contributed by atoms with E-state index in [2.05, 4.69) is 17.5 Å². The first-order valence-electron chi connectivity index (χ1n) is 11.0. The number of carbonyl (C=O) groups excluding carboxylic acids is 3. The molecule has 3 fully saturated rings. The Balaban J connectivity index is 1.24. The molecule has 1 saturated heterocycles. The molecule has 2 aromatic carbocycles. The van der Waals surface area contributed by atoms with E-state index in [9.17, 15) is 14.4 Å². The van der Waals surface area contributed by atoms with E-state index in [0.29, 0.717) is 23.1 Å². The minimum absolute atomic E-state index is 0.0764. The third kappa shape index (κ3) is 2.59. The molecule has 5 heteroatoms. The van der Waals surface area contributed by atoms with Crippen LogP contribution in [0.25, 0.3) is 0 Å². The molecule has 1 aliphatic heterocycles. The summed E-state index contributed by atoms with van der Waals surface area (Å²) in [6.45, 7) is 3.92. The second kappa shape index (κ2) is 6.39. The first-order valence-corrected chi connectivity index (χ1v) is 11.0. The molecule has 2 bridgehead atoms. The lowest BCUT2D eigenvalue weighted by molar-refractivity contribution is -0.124. The molecule has 3 amide bonds. The van der Waals surface area contributed by atoms with Gasteiger partial charge in [-0.2, -0.15) is 0 Å². The summed E-state index contributed by atoms with van der Waals surface area (Å²) in [7, 11) is 0. The van der Waals surface area contributed by atoms with Gasteiger partial charge >= 0.3 is 0 Å². The molecule has 0 radical (unpaired) electrons. The largest absolute Gasteiger partial charge is 0.322 e. The van der Waals surface area contributed by atoms with Crippen LogP contribution >= 0.6 is 0 Å². The number of nitrogens with zero attached hydrogens (tertiary/aromatic N) is 1. The van der Waals surface area contributed by atoms with E-state index in [-0.39, 0.29) is 41.4 Å². The molecule has 4 aliphatic carbocycles. The van der Waals surface area contributed by atoms with Crippen molar-refractivity contribution in [1.29, 1.82) is 0 Å². The van der Waals surface area contributed by atoms with Crippen molar-refractivity contribution in [2.24, 2.45) is 35.5 Å². The normalized spacial score (nSPS) is 32.1. The smallest absolute Gasteiger partial charge is 0.255 e. The molecule has 7 rings (SSSR count). The Kier molecular flexibility index (Phi) is 3.83. The van der Waals surface area contributed by atoms with Gasteiger partial charge in [-0.05, 0) is 79.3 Å². The Morgan fingerprint density at radius 3 is 1.97 bits per heavy atom. The molecule has 0 aromatic heterocycles. The van der Waals surface area contributed by atoms with Gasteiger partial charge in [0.1, 0.15) is 0 Å². The zero-order valence-corrected chi connectivity index (χ0v) is 17.5. The van der Waals surface area contributed by atoms with Gasteiger partial charge in [-0.1, -0.05) is 30.4 Å². The van der Waals surface area contributed by atoms with Crippen molar-refractivity contribution >= 4 is 29.1 Å². The second-order valence-corrected chi connectivity index (χ2v) is 9.43. The van der Waals surface area contributed by atoms with Crippen molar-refractivity contribution in [2.45, 2.75) is 20.3 Å². The van der Waals surface area contributed by atoms with E-state index < -0.39 is 0 Å². The molecule has 2 aromatic rings. The average molecular weight is 412 g/mol. The molecule has 6 atom stereocenters. The van der Waals surface area contributed by atoms with Gasteiger partial charge in [0.15, 0.2) is 0 Å². The highest BCUT2D eigenvalue weighted by Crippen LogP contribution is 2.65. The Labute approximate surface area is 181 Å². The predicted molar refractivity (Wildman–Crippen MR) is 118 cm³/mol. The van der Waals surface area contributed by atoms with Crippen LogP contribution in [0.15, 0.2) is 54.6 Å². The Morgan fingerprint density at radius 2 is 1.42 bits per heavy atom. The van der Waals surface area contributed by atoms with Crippen LogP contribution in [-0.2, 0) is 9.59 Å². The highest BCUT2D eigenvalue weighted by Gasteiger charge is 2.67. The standard InChI is InChI=1S/C26H24N2O3/c1-13-4-3-5-14(2)23(13)27-24(29)15-6-8-16(9-7-15)28-25(30)21-17-10-11-18(20-12-19(17)20)22(21)26(28)31/h3-11,17-22H,12H2,1-2H3,(H,27,29)/t17-,18+,19-,20-,21+,22+/m1/s1. The topological polar surface area (TPSA) is 66.5 Å². The summed E-state index contributed by atoms with van der Waals surface area (Å²) >= 11 is 0. The molecule has 1 N–H and O–H groups in total. The summed E-state index contributed by atoms with van der Waals surface area (Å²) in [5.74, 6) is 0.816. The number of nitrogens with one attached hydrogen (secondary N) is 1. The first kappa shape index (κ1) is 18.6. The van der Waals surface area contributed by atoms with E-state index in [1.165, 1.54) is 4.90 Å². The van der Waals surface area contributed by atoms with Crippen LogP contribution in [-0.4, -0.2) is 17.7 Å². The molecule has 2 saturated carbocycles. The van der Waals surface area contributed by atoms with Gasteiger partial charge in [0.2, 0.25) is 11.8 Å². The molecule has 5 nitrogen and oxygen atoms in total. The quantitative estimate of drug-likeness (QED) is 0.609. The summed E-state index contributed by atoms with van der Waals surface area (Å²) < 4.78 is 0. The lowest BCUT2D eigenvalue weighted by atomic mass is 9.63. The van der Waals surface area contributed by atoms with Gasteiger partial charge in [-0.15, -0.1) is 0 Å². The highest BCUT2D eigenvalue weighted by molar-refractivity contribution is 6.22. The number of benzene rings is 2. The number of amides is 3. The first-order chi connectivity index (χ1) is 15.0. The molecule has 31 heavy (non-hydrogen) atoms. The minimum Gasteiger partial charge on any atom is -0.322 e. The maximum absolute atomic E-state index is 13.2. The summed E-state index contributed by atoms with van der Waals surface area (Å²) in [6.07, 6.45) is 5.51.